The van der Waals surface area contributed by atoms with Crippen LogP contribution in [0.4, 0.5) is 0 Å². The first kappa shape index (κ1) is 7.95. The van der Waals surface area contributed by atoms with Crippen molar-refractivity contribution in [2.45, 2.75) is 25.5 Å². The van der Waals surface area contributed by atoms with E-state index in [2.05, 4.69) is 0 Å². The van der Waals surface area contributed by atoms with Crippen LogP contribution in [-0.2, 0) is 9.73 Å². The molecule has 8 heavy (non-hydrogen) atoms. The monoisotopic (exact) mass is 135 g/mol. The van der Waals surface area contributed by atoms with Gasteiger partial charge in [0.05, 0.1) is 0 Å². The topological polar surface area (TPSA) is 40.9 Å². The highest BCUT2D eigenvalue weighted by Gasteiger charge is 2.19. The number of hydrogen-bond donors (Lipinski definition) is 1. The molecular formula is C5H13NOS. The van der Waals surface area contributed by atoms with Gasteiger partial charge in [0.15, 0.2) is 0 Å². The van der Waals surface area contributed by atoms with E-state index < -0.39 is 9.73 Å². The van der Waals surface area contributed by atoms with Crippen LogP contribution in [0.3, 0.4) is 0 Å². The van der Waals surface area contributed by atoms with Crippen LogP contribution < -0.4 is 0 Å². The Bertz CT molecular complexity index is 161. The van der Waals surface area contributed by atoms with E-state index in [4.69, 9.17) is 4.78 Å². The quantitative estimate of drug-likeness (QED) is 0.536. The summed E-state index contributed by atoms with van der Waals surface area (Å²) in [6.45, 7) is 5.42. The standard InChI is InChI=1S/C5H13NOS/c1-5(2,3)8(4,6)7/h6H,1-4H3. The lowest BCUT2D eigenvalue weighted by molar-refractivity contribution is 0.643. The molecule has 1 N–H and O–H groups in total. The van der Waals surface area contributed by atoms with Gasteiger partial charge in [-0.2, -0.15) is 0 Å². The summed E-state index contributed by atoms with van der Waals surface area (Å²) in [6.07, 6.45) is 1.47. The molecule has 0 spiro atoms. The SMILES string of the molecule is CC(C)(C)S(C)(=N)=O. The fourth-order valence-corrected chi connectivity index (χ4v) is 0. The van der Waals surface area contributed by atoms with Gasteiger partial charge in [0.2, 0.25) is 0 Å². The molecule has 0 amide bonds. The molecule has 0 aromatic carbocycles. The molecule has 0 saturated heterocycles. The summed E-state index contributed by atoms with van der Waals surface area (Å²) < 4.78 is 17.6. The number of hydrogen-bond acceptors (Lipinski definition) is 2. The minimum atomic E-state index is -2.34. The molecule has 3 heteroatoms. The molecule has 1 unspecified atom stereocenters. The summed E-state index contributed by atoms with van der Waals surface area (Å²) in [7, 11) is -2.34. The first-order valence-electron chi connectivity index (χ1n) is 2.48. The van der Waals surface area contributed by atoms with E-state index in [0.29, 0.717) is 0 Å². The third-order valence-corrected chi connectivity index (χ3v) is 3.51. The zero-order valence-corrected chi connectivity index (χ0v) is 6.63. The molecule has 0 aromatic heterocycles. The predicted octanol–water partition coefficient (Wildman–Crippen LogP) is 1.46. The average Bonchev–Trinajstić information content (AvgIpc) is 1.25. The van der Waals surface area contributed by atoms with Gasteiger partial charge < -0.3 is 0 Å². The summed E-state index contributed by atoms with van der Waals surface area (Å²) >= 11 is 0. The van der Waals surface area contributed by atoms with Crippen molar-refractivity contribution >= 4 is 9.73 Å². The van der Waals surface area contributed by atoms with E-state index in [9.17, 15) is 4.21 Å². The van der Waals surface area contributed by atoms with Crippen LogP contribution in [0.25, 0.3) is 0 Å². The molecule has 0 aromatic rings. The molecule has 2 nitrogen and oxygen atoms in total. The maximum absolute atomic E-state index is 10.9. The second kappa shape index (κ2) is 1.72. The molecule has 0 bridgehead atoms. The minimum Gasteiger partial charge on any atom is -0.253 e. The lowest BCUT2D eigenvalue weighted by atomic mass is 10.3. The molecule has 0 aliphatic rings. The van der Waals surface area contributed by atoms with E-state index in [1.807, 2.05) is 20.8 Å². The van der Waals surface area contributed by atoms with E-state index in [0.717, 1.165) is 0 Å². The molecule has 0 rings (SSSR count). The smallest absolute Gasteiger partial charge is 0.0462 e. The van der Waals surface area contributed by atoms with Crippen molar-refractivity contribution in [2.24, 2.45) is 0 Å². The maximum atomic E-state index is 10.9. The third-order valence-electron chi connectivity index (χ3n) is 1.17. The van der Waals surface area contributed by atoms with E-state index >= 15 is 0 Å². The van der Waals surface area contributed by atoms with Gasteiger partial charge in [-0.05, 0) is 20.8 Å². The summed E-state index contributed by atoms with van der Waals surface area (Å²) in [6, 6.07) is 0. The second-order valence-corrected chi connectivity index (χ2v) is 5.87. The van der Waals surface area contributed by atoms with Crippen molar-refractivity contribution in [3.8, 4) is 0 Å². The molecule has 50 valence electrons. The van der Waals surface area contributed by atoms with Gasteiger partial charge in [0.1, 0.15) is 0 Å². The number of rotatable bonds is 0. The molecule has 0 saturated carbocycles. The Kier molecular flexibility index (Phi) is 1.71. The van der Waals surface area contributed by atoms with Gasteiger partial charge >= 0.3 is 0 Å². The maximum Gasteiger partial charge on any atom is 0.0462 e. The van der Waals surface area contributed by atoms with Crippen LogP contribution in [0.15, 0.2) is 0 Å². The molecule has 0 aliphatic carbocycles. The molecule has 0 aliphatic heterocycles. The Morgan fingerprint density at radius 1 is 1.38 bits per heavy atom. The summed E-state index contributed by atoms with van der Waals surface area (Å²) in [4.78, 5) is 0. The zero-order chi connectivity index (χ0) is 7.00. The summed E-state index contributed by atoms with van der Waals surface area (Å²) in [5.74, 6) is 0. The fourth-order valence-electron chi connectivity index (χ4n) is 0. The van der Waals surface area contributed by atoms with Crippen LogP contribution in [0.1, 0.15) is 20.8 Å². The second-order valence-electron chi connectivity index (χ2n) is 2.96. The van der Waals surface area contributed by atoms with Gasteiger partial charge in [0.25, 0.3) is 0 Å². The Labute approximate surface area is 51.3 Å². The lowest BCUT2D eigenvalue weighted by Gasteiger charge is -2.17. The van der Waals surface area contributed by atoms with Crippen LogP contribution in [-0.4, -0.2) is 15.2 Å². The van der Waals surface area contributed by atoms with Crippen molar-refractivity contribution in [3.05, 3.63) is 0 Å². The minimum absolute atomic E-state index is 0.368. The van der Waals surface area contributed by atoms with Crippen molar-refractivity contribution in [1.82, 2.24) is 0 Å². The summed E-state index contributed by atoms with van der Waals surface area (Å²) in [5.41, 5.74) is 0. The molecule has 0 radical (unpaired) electrons. The number of nitrogens with one attached hydrogen (secondary N) is 1. The van der Waals surface area contributed by atoms with Crippen molar-refractivity contribution < 1.29 is 4.21 Å². The predicted molar refractivity (Wildman–Crippen MR) is 36.5 cm³/mol. The Balaban J connectivity index is 4.53. The first-order valence-corrected chi connectivity index (χ1v) is 4.45. The highest BCUT2D eigenvalue weighted by atomic mass is 32.2. The third kappa shape index (κ3) is 1.82. The largest absolute Gasteiger partial charge is 0.253 e. The van der Waals surface area contributed by atoms with Crippen LogP contribution in [0.5, 0.6) is 0 Å². The zero-order valence-electron chi connectivity index (χ0n) is 5.82. The van der Waals surface area contributed by atoms with Gasteiger partial charge in [-0.3, -0.25) is 4.78 Å². The average molecular weight is 135 g/mol. The lowest BCUT2D eigenvalue weighted by Crippen LogP contribution is -2.24. The van der Waals surface area contributed by atoms with Crippen LogP contribution >= 0.6 is 0 Å². The molecular weight excluding hydrogens is 122 g/mol. The van der Waals surface area contributed by atoms with Crippen molar-refractivity contribution in [2.75, 3.05) is 6.26 Å². The Hall–Kier alpha value is -0.0500. The van der Waals surface area contributed by atoms with Crippen molar-refractivity contribution in [1.29, 1.82) is 4.78 Å². The van der Waals surface area contributed by atoms with Gasteiger partial charge in [-0.25, -0.2) is 4.21 Å². The van der Waals surface area contributed by atoms with Gasteiger partial charge in [-0.15, -0.1) is 0 Å². The van der Waals surface area contributed by atoms with Gasteiger partial charge in [0, 0.05) is 20.7 Å². The fraction of sp³-hybridized carbons (Fsp3) is 1.00. The highest BCUT2D eigenvalue weighted by Crippen LogP contribution is 2.12. The highest BCUT2D eigenvalue weighted by molar-refractivity contribution is 7.93. The molecule has 0 heterocycles. The van der Waals surface area contributed by atoms with E-state index in [1.54, 1.807) is 0 Å². The van der Waals surface area contributed by atoms with Crippen LogP contribution in [0.2, 0.25) is 0 Å². The summed E-state index contributed by atoms with van der Waals surface area (Å²) in [5, 5.41) is 0. The van der Waals surface area contributed by atoms with Crippen molar-refractivity contribution in [3.63, 3.8) is 0 Å². The van der Waals surface area contributed by atoms with Gasteiger partial charge in [-0.1, -0.05) is 0 Å². The molecule has 1 atom stereocenters. The van der Waals surface area contributed by atoms with E-state index in [-0.39, 0.29) is 4.75 Å². The van der Waals surface area contributed by atoms with Crippen LogP contribution in [0, 0.1) is 4.78 Å². The first-order chi connectivity index (χ1) is 3.25. The molecule has 0 fully saturated rings. The Morgan fingerprint density at radius 3 is 1.50 bits per heavy atom. The Morgan fingerprint density at radius 2 is 1.50 bits per heavy atom. The normalized spacial score (nSPS) is 20.0. The van der Waals surface area contributed by atoms with E-state index in [1.165, 1.54) is 6.26 Å².